The van der Waals surface area contributed by atoms with Crippen LogP contribution in [-0.4, -0.2) is 17.8 Å². The lowest BCUT2D eigenvalue weighted by molar-refractivity contribution is -0.129. The summed E-state index contributed by atoms with van der Waals surface area (Å²) in [4.78, 5) is 38.3. The Hall–Kier alpha value is -3.15. The highest BCUT2D eigenvalue weighted by atomic mass is 16.2. The van der Waals surface area contributed by atoms with Crippen molar-refractivity contribution in [3.8, 4) is 0 Å². The van der Waals surface area contributed by atoms with Gasteiger partial charge >= 0.3 is 6.03 Å². The summed E-state index contributed by atoms with van der Waals surface area (Å²) in [6.07, 6.45) is 2.16. The fourth-order valence-electron chi connectivity index (χ4n) is 4.24. The minimum atomic E-state index is -0.408. The van der Waals surface area contributed by atoms with Crippen molar-refractivity contribution in [2.24, 2.45) is 5.41 Å². The van der Waals surface area contributed by atoms with Crippen LogP contribution in [0.4, 0.5) is 16.2 Å². The van der Waals surface area contributed by atoms with Gasteiger partial charge in [-0.05, 0) is 42.0 Å². The molecule has 4 amide bonds. The number of nitrogens with zero attached hydrogens (tertiary/aromatic N) is 1. The molecular weight excluding hydrogens is 366 g/mol. The lowest BCUT2D eigenvalue weighted by atomic mass is 9.96. The topological polar surface area (TPSA) is 78.5 Å². The van der Waals surface area contributed by atoms with Crippen molar-refractivity contribution in [2.75, 3.05) is 10.2 Å². The zero-order valence-electron chi connectivity index (χ0n) is 16.7. The van der Waals surface area contributed by atoms with E-state index < -0.39 is 5.54 Å². The van der Waals surface area contributed by atoms with E-state index in [1.54, 1.807) is 24.3 Å². The molecule has 29 heavy (non-hydrogen) atoms. The van der Waals surface area contributed by atoms with Crippen molar-refractivity contribution < 1.29 is 14.4 Å². The van der Waals surface area contributed by atoms with Crippen molar-refractivity contribution >= 4 is 29.2 Å². The van der Waals surface area contributed by atoms with E-state index in [2.05, 4.69) is 24.5 Å². The Bertz CT molecular complexity index is 954. The summed E-state index contributed by atoms with van der Waals surface area (Å²) in [6, 6.07) is 16.5. The van der Waals surface area contributed by atoms with Crippen LogP contribution in [0.2, 0.25) is 0 Å². The molecule has 2 N–H and O–H groups in total. The molecule has 1 aliphatic heterocycles. The molecule has 0 spiro atoms. The summed E-state index contributed by atoms with van der Waals surface area (Å²) in [5.41, 5.74) is 1.66. The number of carbonyl (C=O) groups excluding carboxylic acids is 3. The van der Waals surface area contributed by atoms with E-state index in [0.717, 1.165) is 12.0 Å². The molecule has 1 saturated heterocycles. The molecule has 2 aromatic carbocycles. The molecule has 1 saturated carbocycles. The minimum Gasteiger partial charge on any atom is -0.328 e. The highest BCUT2D eigenvalue weighted by Gasteiger charge is 2.63. The normalized spacial score (nSPS) is 22.9. The number of anilines is 2. The lowest BCUT2D eigenvalue weighted by Gasteiger charge is -2.26. The molecule has 1 heterocycles. The van der Waals surface area contributed by atoms with E-state index in [9.17, 15) is 14.4 Å². The van der Waals surface area contributed by atoms with E-state index in [0.29, 0.717) is 30.6 Å². The van der Waals surface area contributed by atoms with Gasteiger partial charge in [0.25, 0.3) is 0 Å². The van der Waals surface area contributed by atoms with Gasteiger partial charge in [-0.1, -0.05) is 50.2 Å². The average molecular weight is 391 g/mol. The number of rotatable bonds is 4. The zero-order chi connectivity index (χ0) is 20.6. The molecule has 0 aromatic heterocycles. The molecule has 1 aliphatic carbocycles. The van der Waals surface area contributed by atoms with Crippen molar-refractivity contribution in [2.45, 2.75) is 45.1 Å². The fraction of sp³-hybridized carbons (Fsp3) is 0.348. The maximum Gasteiger partial charge on any atom is 0.319 e. The quantitative estimate of drug-likeness (QED) is 0.768. The number of imide groups is 1. The van der Waals surface area contributed by atoms with Crippen LogP contribution in [0.3, 0.4) is 0 Å². The van der Waals surface area contributed by atoms with Gasteiger partial charge in [-0.3, -0.25) is 14.5 Å². The van der Waals surface area contributed by atoms with Gasteiger partial charge in [-0.2, -0.15) is 0 Å². The molecule has 0 radical (unpaired) electrons. The van der Waals surface area contributed by atoms with Crippen molar-refractivity contribution in [3.63, 3.8) is 0 Å². The Morgan fingerprint density at radius 2 is 1.62 bits per heavy atom. The van der Waals surface area contributed by atoms with Crippen LogP contribution in [0.25, 0.3) is 0 Å². The Balaban J connectivity index is 1.51. The monoisotopic (exact) mass is 391 g/mol. The summed E-state index contributed by atoms with van der Waals surface area (Å²) >= 11 is 0. The van der Waals surface area contributed by atoms with Gasteiger partial charge in [-0.25, -0.2) is 4.79 Å². The third kappa shape index (κ3) is 3.50. The van der Waals surface area contributed by atoms with Gasteiger partial charge in [0.2, 0.25) is 11.8 Å². The maximum absolute atomic E-state index is 12.8. The average Bonchev–Trinajstić information content (AvgIpc) is 3.24. The molecule has 1 atom stereocenters. The molecule has 2 aromatic rings. The second kappa shape index (κ2) is 7.03. The molecule has 4 rings (SSSR count). The first-order chi connectivity index (χ1) is 13.8. The first-order valence-electron chi connectivity index (χ1n) is 9.93. The third-order valence-electron chi connectivity index (χ3n) is 5.97. The van der Waals surface area contributed by atoms with E-state index in [1.807, 2.05) is 30.3 Å². The third-order valence-corrected chi connectivity index (χ3v) is 5.97. The van der Waals surface area contributed by atoms with Crippen molar-refractivity contribution in [1.82, 2.24) is 5.32 Å². The van der Waals surface area contributed by atoms with E-state index in [-0.39, 0.29) is 23.3 Å². The van der Waals surface area contributed by atoms with Crippen LogP contribution in [0.5, 0.6) is 0 Å². The van der Waals surface area contributed by atoms with Crippen LogP contribution in [0.1, 0.15) is 45.1 Å². The van der Waals surface area contributed by atoms with Gasteiger partial charge in [0.1, 0.15) is 0 Å². The Morgan fingerprint density at radius 1 is 0.966 bits per heavy atom. The van der Waals surface area contributed by atoms with Crippen molar-refractivity contribution in [3.05, 3.63) is 60.2 Å². The molecular formula is C23H25N3O3. The van der Waals surface area contributed by atoms with Crippen LogP contribution in [0, 0.1) is 5.41 Å². The van der Waals surface area contributed by atoms with Gasteiger partial charge in [0.15, 0.2) is 0 Å². The Kier molecular flexibility index (Phi) is 4.65. The Labute approximate surface area is 170 Å². The lowest BCUT2D eigenvalue weighted by Crippen LogP contribution is -2.41. The van der Waals surface area contributed by atoms with Crippen LogP contribution < -0.4 is 15.5 Å². The highest BCUT2D eigenvalue weighted by molar-refractivity contribution is 6.16. The molecule has 2 fully saturated rings. The minimum absolute atomic E-state index is 0.0415. The van der Waals surface area contributed by atoms with Crippen LogP contribution in [0.15, 0.2) is 54.6 Å². The zero-order valence-corrected chi connectivity index (χ0v) is 16.7. The van der Waals surface area contributed by atoms with Crippen molar-refractivity contribution in [1.29, 1.82) is 0 Å². The van der Waals surface area contributed by atoms with Gasteiger partial charge in [-0.15, -0.1) is 0 Å². The van der Waals surface area contributed by atoms with E-state index >= 15 is 0 Å². The van der Waals surface area contributed by atoms with Gasteiger partial charge < -0.3 is 10.6 Å². The predicted octanol–water partition coefficient (Wildman–Crippen LogP) is 4.18. The number of piperidine rings is 1. The van der Waals surface area contributed by atoms with Crippen LogP contribution >= 0.6 is 0 Å². The second-order valence-electron chi connectivity index (χ2n) is 8.44. The summed E-state index contributed by atoms with van der Waals surface area (Å²) in [6.45, 7) is 4.27. The summed E-state index contributed by atoms with van der Waals surface area (Å²) < 4.78 is 0. The first-order valence-corrected chi connectivity index (χ1v) is 9.93. The number of hydrogen-bond donors (Lipinski definition) is 2. The SMILES string of the molecule is CC1(C)CC1(NC(=O)Nc1cccc(N2C(=O)CCCC2=O)c1)c1ccccc1. The summed E-state index contributed by atoms with van der Waals surface area (Å²) in [5, 5.41) is 6.00. The first kappa shape index (κ1) is 19.2. The smallest absolute Gasteiger partial charge is 0.319 e. The number of hydrogen-bond acceptors (Lipinski definition) is 3. The van der Waals surface area contributed by atoms with E-state index in [1.165, 1.54) is 4.90 Å². The largest absolute Gasteiger partial charge is 0.328 e. The number of amides is 4. The number of urea groups is 1. The molecule has 2 aliphatic rings. The van der Waals surface area contributed by atoms with Gasteiger partial charge in [0, 0.05) is 18.5 Å². The number of benzene rings is 2. The molecule has 6 nitrogen and oxygen atoms in total. The van der Waals surface area contributed by atoms with Crippen LogP contribution in [-0.2, 0) is 15.1 Å². The van der Waals surface area contributed by atoms with E-state index in [4.69, 9.17) is 0 Å². The molecule has 1 unspecified atom stereocenters. The van der Waals surface area contributed by atoms with Gasteiger partial charge in [0.05, 0.1) is 11.2 Å². The second-order valence-corrected chi connectivity index (χ2v) is 8.44. The summed E-state index contributed by atoms with van der Waals surface area (Å²) in [5.74, 6) is -0.406. The maximum atomic E-state index is 12.8. The fourth-order valence-corrected chi connectivity index (χ4v) is 4.24. The Morgan fingerprint density at radius 3 is 2.24 bits per heavy atom. The summed E-state index contributed by atoms with van der Waals surface area (Å²) in [7, 11) is 0. The number of nitrogens with one attached hydrogen (secondary N) is 2. The molecule has 6 heteroatoms. The predicted molar refractivity (Wildman–Crippen MR) is 111 cm³/mol. The number of carbonyl (C=O) groups is 3. The molecule has 0 bridgehead atoms. The molecule has 150 valence electrons. The highest BCUT2D eigenvalue weighted by Crippen LogP contribution is 2.62. The standard InChI is InChI=1S/C23H25N3O3/c1-22(2)15-23(22,16-8-4-3-5-9-16)25-21(29)24-17-10-6-11-18(14-17)26-19(27)12-7-13-20(26)28/h3-6,8-11,14H,7,12-13,15H2,1-2H3,(H2,24,25,29).